The van der Waals surface area contributed by atoms with E-state index in [0.29, 0.717) is 29.7 Å². The van der Waals surface area contributed by atoms with Crippen LogP contribution in [0.15, 0.2) is 36.7 Å². The molecule has 0 radical (unpaired) electrons. The van der Waals surface area contributed by atoms with Gasteiger partial charge in [0.1, 0.15) is 17.3 Å². The van der Waals surface area contributed by atoms with Crippen molar-refractivity contribution in [3.05, 3.63) is 65.1 Å². The summed E-state index contributed by atoms with van der Waals surface area (Å²) in [6, 6.07) is 4.96. The molecule has 2 aromatic heterocycles. The quantitative estimate of drug-likeness (QED) is 0.523. The number of fused-ring (bicyclic) bond motifs is 1. The Kier molecular flexibility index (Phi) is 5.24. The summed E-state index contributed by atoms with van der Waals surface area (Å²) in [5, 5.41) is 9.49. The number of ether oxygens (including phenoxy) is 1. The molecule has 136 valence electrons. The number of nitrogens with zero attached hydrogens (tertiary/aromatic N) is 2. The molecule has 0 fully saturated rings. The predicted molar refractivity (Wildman–Crippen MR) is 89.8 cm³/mol. The molecular formula is C18H17F2N3O3. The molecule has 0 saturated heterocycles. The summed E-state index contributed by atoms with van der Waals surface area (Å²) >= 11 is 0. The van der Waals surface area contributed by atoms with Gasteiger partial charge in [-0.2, -0.15) is 0 Å². The average molecular weight is 361 g/mol. The Morgan fingerprint density at radius 3 is 2.81 bits per heavy atom. The van der Waals surface area contributed by atoms with Gasteiger partial charge in [-0.15, -0.1) is 0 Å². The van der Waals surface area contributed by atoms with Crippen LogP contribution in [0.3, 0.4) is 0 Å². The van der Waals surface area contributed by atoms with Crippen LogP contribution in [0, 0.1) is 11.6 Å². The average Bonchev–Trinajstić information content (AvgIpc) is 2.98. The topological polar surface area (TPSA) is 76.4 Å². The zero-order valence-electron chi connectivity index (χ0n) is 14.0. The molecule has 1 amide bonds. The standard InChI is InChI=1S/C18H17F2N3O3/c1-2-26-10-12-9-23(8-11-3-4-13(19)5-15(11)20)17-7-21-16(6-14(12)17)18(24)22-25/h3-7,9,25H,2,8,10H2,1H3,(H,22,24). The van der Waals surface area contributed by atoms with Gasteiger partial charge in [-0.3, -0.25) is 10.0 Å². The van der Waals surface area contributed by atoms with E-state index in [1.165, 1.54) is 24.4 Å². The van der Waals surface area contributed by atoms with Crippen LogP contribution < -0.4 is 5.48 Å². The zero-order chi connectivity index (χ0) is 18.7. The summed E-state index contributed by atoms with van der Waals surface area (Å²) in [5.41, 5.74) is 3.37. The van der Waals surface area contributed by atoms with Gasteiger partial charge >= 0.3 is 0 Å². The molecule has 0 aliphatic rings. The number of hydroxylamine groups is 1. The molecule has 0 aliphatic heterocycles. The van der Waals surface area contributed by atoms with Gasteiger partial charge in [0.15, 0.2) is 0 Å². The van der Waals surface area contributed by atoms with E-state index in [4.69, 9.17) is 9.94 Å². The first-order valence-corrected chi connectivity index (χ1v) is 7.97. The third-order valence-electron chi connectivity index (χ3n) is 4.00. The van der Waals surface area contributed by atoms with Crippen LogP contribution in [0.1, 0.15) is 28.5 Å². The van der Waals surface area contributed by atoms with Crippen LogP contribution >= 0.6 is 0 Å². The minimum Gasteiger partial charge on any atom is -0.377 e. The maximum absolute atomic E-state index is 14.0. The van der Waals surface area contributed by atoms with Crippen molar-refractivity contribution >= 4 is 16.8 Å². The number of pyridine rings is 1. The van der Waals surface area contributed by atoms with Crippen molar-refractivity contribution in [1.82, 2.24) is 15.0 Å². The molecule has 8 heteroatoms. The van der Waals surface area contributed by atoms with Gasteiger partial charge < -0.3 is 9.30 Å². The van der Waals surface area contributed by atoms with Crippen molar-refractivity contribution in [3.8, 4) is 0 Å². The van der Waals surface area contributed by atoms with Crippen molar-refractivity contribution in [2.24, 2.45) is 0 Å². The zero-order valence-corrected chi connectivity index (χ0v) is 14.0. The van der Waals surface area contributed by atoms with Crippen LogP contribution in [0.2, 0.25) is 0 Å². The number of carbonyl (C=O) groups excluding carboxylic acids is 1. The van der Waals surface area contributed by atoms with Crippen molar-refractivity contribution in [3.63, 3.8) is 0 Å². The number of hydrogen-bond acceptors (Lipinski definition) is 4. The second kappa shape index (κ2) is 7.59. The van der Waals surface area contributed by atoms with Crippen molar-refractivity contribution in [2.75, 3.05) is 6.61 Å². The van der Waals surface area contributed by atoms with Crippen molar-refractivity contribution in [1.29, 1.82) is 0 Å². The smallest absolute Gasteiger partial charge is 0.293 e. The predicted octanol–water partition coefficient (Wildman–Crippen LogP) is 3.02. The SMILES string of the molecule is CCOCc1cn(Cc2ccc(F)cc2F)c2cnc(C(=O)NO)cc12. The lowest BCUT2D eigenvalue weighted by molar-refractivity contribution is 0.0701. The molecule has 0 atom stereocenters. The van der Waals surface area contributed by atoms with E-state index in [9.17, 15) is 13.6 Å². The van der Waals surface area contributed by atoms with Gasteiger partial charge in [0.25, 0.3) is 5.91 Å². The second-order valence-electron chi connectivity index (χ2n) is 5.68. The molecule has 3 rings (SSSR count). The van der Waals surface area contributed by atoms with E-state index >= 15 is 0 Å². The minimum atomic E-state index is -0.730. The normalized spacial score (nSPS) is 11.1. The Bertz CT molecular complexity index is 956. The molecule has 3 aromatic rings. The highest BCUT2D eigenvalue weighted by molar-refractivity contribution is 5.96. The highest BCUT2D eigenvalue weighted by atomic mass is 19.1. The van der Waals surface area contributed by atoms with Gasteiger partial charge in [-0.1, -0.05) is 6.07 Å². The molecule has 1 aromatic carbocycles. The molecule has 0 spiro atoms. The van der Waals surface area contributed by atoms with E-state index < -0.39 is 17.5 Å². The number of nitrogens with one attached hydrogen (secondary N) is 1. The number of aromatic nitrogens is 2. The van der Waals surface area contributed by atoms with Crippen molar-refractivity contribution in [2.45, 2.75) is 20.1 Å². The third-order valence-corrected chi connectivity index (χ3v) is 4.00. The number of amides is 1. The molecule has 0 bridgehead atoms. The fourth-order valence-corrected chi connectivity index (χ4v) is 2.73. The van der Waals surface area contributed by atoms with Gasteiger partial charge in [0.2, 0.25) is 0 Å². The maximum Gasteiger partial charge on any atom is 0.293 e. The van der Waals surface area contributed by atoms with E-state index in [1.54, 1.807) is 16.2 Å². The monoisotopic (exact) mass is 361 g/mol. The fourth-order valence-electron chi connectivity index (χ4n) is 2.73. The second-order valence-corrected chi connectivity index (χ2v) is 5.68. The molecule has 26 heavy (non-hydrogen) atoms. The first-order chi connectivity index (χ1) is 12.5. The molecule has 2 heterocycles. The van der Waals surface area contributed by atoms with Gasteiger partial charge in [-0.05, 0) is 19.1 Å². The van der Waals surface area contributed by atoms with Crippen LogP contribution in [-0.2, 0) is 17.9 Å². The van der Waals surface area contributed by atoms with E-state index in [0.717, 1.165) is 11.6 Å². The Morgan fingerprint density at radius 2 is 2.12 bits per heavy atom. The number of carbonyl (C=O) groups is 1. The first kappa shape index (κ1) is 18.0. The molecule has 0 aliphatic carbocycles. The number of hydrogen-bond donors (Lipinski definition) is 2. The number of rotatable bonds is 6. The molecule has 0 unspecified atom stereocenters. The number of benzene rings is 1. The third kappa shape index (κ3) is 3.56. The lowest BCUT2D eigenvalue weighted by atomic mass is 10.2. The lowest BCUT2D eigenvalue weighted by Crippen LogP contribution is -2.19. The van der Waals surface area contributed by atoms with Gasteiger partial charge in [-0.25, -0.2) is 19.2 Å². The minimum absolute atomic E-state index is 0.0449. The Morgan fingerprint density at radius 1 is 1.31 bits per heavy atom. The van der Waals surface area contributed by atoms with Crippen LogP contribution in [-0.4, -0.2) is 27.3 Å². The highest BCUT2D eigenvalue weighted by Gasteiger charge is 2.15. The summed E-state index contributed by atoms with van der Waals surface area (Å²) in [4.78, 5) is 15.6. The van der Waals surface area contributed by atoms with E-state index in [-0.39, 0.29) is 12.2 Å². The van der Waals surface area contributed by atoms with Gasteiger partial charge in [0.05, 0.1) is 24.9 Å². The molecule has 0 saturated carbocycles. The molecular weight excluding hydrogens is 344 g/mol. The summed E-state index contributed by atoms with van der Waals surface area (Å²) in [6.07, 6.45) is 3.25. The Labute approximate surface area is 148 Å². The summed E-state index contributed by atoms with van der Waals surface area (Å²) in [5.74, 6) is -2.00. The summed E-state index contributed by atoms with van der Waals surface area (Å²) in [6.45, 7) is 2.84. The highest BCUT2D eigenvalue weighted by Crippen LogP contribution is 2.24. The maximum atomic E-state index is 14.0. The lowest BCUT2D eigenvalue weighted by Gasteiger charge is -2.07. The number of halogens is 2. The molecule has 2 N–H and O–H groups in total. The van der Waals surface area contributed by atoms with Crippen LogP contribution in [0.5, 0.6) is 0 Å². The van der Waals surface area contributed by atoms with Crippen LogP contribution in [0.25, 0.3) is 10.9 Å². The molecule has 6 nitrogen and oxygen atoms in total. The summed E-state index contributed by atoms with van der Waals surface area (Å²) in [7, 11) is 0. The largest absolute Gasteiger partial charge is 0.377 e. The first-order valence-electron chi connectivity index (χ1n) is 7.97. The summed E-state index contributed by atoms with van der Waals surface area (Å²) < 4.78 is 34.3. The Hall–Kier alpha value is -2.84. The van der Waals surface area contributed by atoms with E-state index in [1.807, 2.05) is 6.92 Å². The van der Waals surface area contributed by atoms with E-state index in [2.05, 4.69) is 4.98 Å². The van der Waals surface area contributed by atoms with Crippen molar-refractivity contribution < 1.29 is 23.5 Å². The fraction of sp³-hybridized carbons (Fsp3) is 0.222. The van der Waals surface area contributed by atoms with Gasteiger partial charge in [0, 0.05) is 35.4 Å². The van der Waals surface area contributed by atoms with Crippen LogP contribution in [0.4, 0.5) is 8.78 Å². The Balaban J connectivity index is 2.05.